The second-order valence-corrected chi connectivity index (χ2v) is 3.10. The van der Waals surface area contributed by atoms with Crippen LogP contribution in [0.25, 0.3) is 0 Å². The molecule has 0 saturated heterocycles. The third-order valence-electron chi connectivity index (χ3n) is 2.29. The summed E-state index contributed by atoms with van der Waals surface area (Å²) >= 11 is 0. The fourth-order valence-electron chi connectivity index (χ4n) is 1.67. The summed E-state index contributed by atoms with van der Waals surface area (Å²) in [6.07, 6.45) is 2.15. The van der Waals surface area contributed by atoms with Gasteiger partial charge in [-0.05, 0) is 36.1 Å². The van der Waals surface area contributed by atoms with Crippen molar-refractivity contribution >= 4 is 18.1 Å². The van der Waals surface area contributed by atoms with Gasteiger partial charge in [0.25, 0.3) is 0 Å². The maximum atomic E-state index is 5.86. The molecule has 1 atom stereocenters. The van der Waals surface area contributed by atoms with Crippen molar-refractivity contribution in [1.82, 2.24) is 0 Å². The topological polar surface area (TPSA) is 52.0 Å². The highest BCUT2D eigenvalue weighted by molar-refractivity contribution is 5.85. The number of hydrogen-bond donors (Lipinski definition) is 2. The molecule has 2 rings (SSSR count). The number of halogens is 1. The quantitative estimate of drug-likeness (QED) is 0.603. The summed E-state index contributed by atoms with van der Waals surface area (Å²) in [6.45, 7) is 0. The van der Waals surface area contributed by atoms with Gasteiger partial charge in [-0.3, -0.25) is 0 Å². The lowest BCUT2D eigenvalue weighted by atomic mass is 10.1. The molecule has 0 aliphatic heterocycles. The standard InChI is InChI=1S/C9H12N2.ClH/c10-7-2-3-8-6(5-7)1-4-9(8)11;/h2-3,5,9H,1,4,10-11H2;1H/t9-;/m1./s1. The molecule has 0 fully saturated rings. The van der Waals surface area contributed by atoms with Crippen molar-refractivity contribution in [3.8, 4) is 0 Å². The van der Waals surface area contributed by atoms with Crippen molar-refractivity contribution in [2.75, 3.05) is 5.73 Å². The summed E-state index contributed by atoms with van der Waals surface area (Å²) in [5.41, 5.74) is 14.9. The van der Waals surface area contributed by atoms with E-state index in [1.165, 1.54) is 11.1 Å². The van der Waals surface area contributed by atoms with Crippen LogP contribution < -0.4 is 11.5 Å². The van der Waals surface area contributed by atoms with Crippen LogP contribution in [0.5, 0.6) is 0 Å². The van der Waals surface area contributed by atoms with Crippen LogP contribution in [0.3, 0.4) is 0 Å². The van der Waals surface area contributed by atoms with E-state index in [2.05, 4.69) is 0 Å². The van der Waals surface area contributed by atoms with Gasteiger partial charge in [-0.2, -0.15) is 0 Å². The van der Waals surface area contributed by atoms with Crippen molar-refractivity contribution in [2.24, 2.45) is 5.73 Å². The van der Waals surface area contributed by atoms with Crippen molar-refractivity contribution in [1.29, 1.82) is 0 Å². The summed E-state index contributed by atoms with van der Waals surface area (Å²) in [4.78, 5) is 0. The van der Waals surface area contributed by atoms with Gasteiger partial charge in [0.15, 0.2) is 0 Å². The Labute approximate surface area is 78.4 Å². The van der Waals surface area contributed by atoms with Crippen molar-refractivity contribution < 1.29 is 0 Å². The first-order valence-electron chi connectivity index (χ1n) is 3.91. The molecule has 1 aromatic rings. The Morgan fingerprint density at radius 2 is 2.08 bits per heavy atom. The first-order chi connectivity index (χ1) is 5.27. The van der Waals surface area contributed by atoms with E-state index in [1.807, 2.05) is 18.2 Å². The summed E-state index contributed by atoms with van der Waals surface area (Å²) < 4.78 is 0. The molecule has 2 nitrogen and oxygen atoms in total. The third kappa shape index (κ3) is 1.40. The number of aryl methyl sites for hydroxylation is 1. The highest BCUT2D eigenvalue weighted by Gasteiger charge is 2.17. The van der Waals surface area contributed by atoms with Gasteiger partial charge in [0.2, 0.25) is 0 Å². The highest BCUT2D eigenvalue weighted by atomic mass is 35.5. The third-order valence-corrected chi connectivity index (χ3v) is 2.29. The molecule has 1 aliphatic rings. The number of benzene rings is 1. The molecule has 12 heavy (non-hydrogen) atoms. The molecule has 1 aliphatic carbocycles. The lowest BCUT2D eigenvalue weighted by Gasteiger charge is -2.03. The average molecular weight is 185 g/mol. The van der Waals surface area contributed by atoms with E-state index in [0.717, 1.165) is 18.5 Å². The minimum Gasteiger partial charge on any atom is -0.399 e. The van der Waals surface area contributed by atoms with Crippen molar-refractivity contribution in [2.45, 2.75) is 18.9 Å². The van der Waals surface area contributed by atoms with Crippen LogP contribution in [0.4, 0.5) is 5.69 Å². The van der Waals surface area contributed by atoms with Gasteiger partial charge in [-0.15, -0.1) is 12.4 Å². The molecule has 0 radical (unpaired) electrons. The van der Waals surface area contributed by atoms with Gasteiger partial charge in [0, 0.05) is 11.7 Å². The first-order valence-corrected chi connectivity index (χ1v) is 3.91. The van der Waals surface area contributed by atoms with Gasteiger partial charge >= 0.3 is 0 Å². The van der Waals surface area contributed by atoms with E-state index in [0.29, 0.717) is 0 Å². The zero-order valence-electron chi connectivity index (χ0n) is 6.79. The summed E-state index contributed by atoms with van der Waals surface area (Å²) in [5.74, 6) is 0. The maximum absolute atomic E-state index is 5.86. The second kappa shape index (κ2) is 3.33. The van der Waals surface area contributed by atoms with Crippen LogP contribution in [0.2, 0.25) is 0 Å². The number of nitrogen functional groups attached to an aromatic ring is 1. The highest BCUT2D eigenvalue weighted by Crippen LogP contribution is 2.30. The molecule has 1 aromatic carbocycles. The smallest absolute Gasteiger partial charge is 0.0316 e. The number of nitrogens with two attached hydrogens (primary N) is 2. The van der Waals surface area contributed by atoms with Gasteiger partial charge < -0.3 is 11.5 Å². The molecule has 3 heteroatoms. The van der Waals surface area contributed by atoms with Crippen LogP contribution in [0.1, 0.15) is 23.6 Å². The van der Waals surface area contributed by atoms with E-state index in [1.54, 1.807) is 0 Å². The Morgan fingerprint density at radius 3 is 2.83 bits per heavy atom. The Bertz CT molecular complexity index is 286. The van der Waals surface area contributed by atoms with Crippen LogP contribution in [-0.4, -0.2) is 0 Å². The summed E-state index contributed by atoms with van der Waals surface area (Å²) in [6, 6.07) is 6.24. The Kier molecular flexibility index (Phi) is 2.60. The Hall–Kier alpha value is -0.730. The molecule has 0 aromatic heterocycles. The van der Waals surface area contributed by atoms with Gasteiger partial charge in [-0.25, -0.2) is 0 Å². The van der Waals surface area contributed by atoms with Crippen molar-refractivity contribution in [3.63, 3.8) is 0 Å². The second-order valence-electron chi connectivity index (χ2n) is 3.10. The van der Waals surface area contributed by atoms with Crippen LogP contribution >= 0.6 is 12.4 Å². The van der Waals surface area contributed by atoms with E-state index in [4.69, 9.17) is 11.5 Å². The van der Waals surface area contributed by atoms with Crippen LogP contribution in [0.15, 0.2) is 18.2 Å². The molecular weight excluding hydrogens is 172 g/mol. The largest absolute Gasteiger partial charge is 0.399 e. The maximum Gasteiger partial charge on any atom is 0.0316 e. The van der Waals surface area contributed by atoms with Crippen molar-refractivity contribution in [3.05, 3.63) is 29.3 Å². The minimum atomic E-state index is 0. The van der Waals surface area contributed by atoms with E-state index in [9.17, 15) is 0 Å². The number of hydrogen-bond acceptors (Lipinski definition) is 2. The number of fused-ring (bicyclic) bond motifs is 1. The summed E-state index contributed by atoms with van der Waals surface area (Å²) in [5, 5.41) is 0. The molecule has 0 unspecified atom stereocenters. The predicted octanol–water partition coefficient (Wildman–Crippen LogP) is 1.64. The molecule has 0 heterocycles. The summed E-state index contributed by atoms with van der Waals surface area (Å²) in [7, 11) is 0. The van der Waals surface area contributed by atoms with Gasteiger partial charge in [-0.1, -0.05) is 6.07 Å². The first kappa shape index (κ1) is 9.36. The molecule has 4 N–H and O–H groups in total. The van der Waals surface area contributed by atoms with E-state index < -0.39 is 0 Å². The van der Waals surface area contributed by atoms with Gasteiger partial charge in [0.05, 0.1) is 0 Å². The lowest BCUT2D eigenvalue weighted by molar-refractivity contribution is 0.713. The number of anilines is 1. The molecule has 0 bridgehead atoms. The van der Waals surface area contributed by atoms with Crippen LogP contribution in [0, 0.1) is 0 Å². The van der Waals surface area contributed by atoms with Gasteiger partial charge in [0.1, 0.15) is 0 Å². The zero-order chi connectivity index (χ0) is 7.84. The molecule has 0 amide bonds. The molecule has 66 valence electrons. The Balaban J connectivity index is 0.000000720. The Morgan fingerprint density at radius 1 is 1.33 bits per heavy atom. The normalized spacial score (nSPS) is 19.9. The lowest BCUT2D eigenvalue weighted by Crippen LogP contribution is -2.04. The fourth-order valence-corrected chi connectivity index (χ4v) is 1.67. The average Bonchev–Trinajstić information content (AvgIpc) is 2.32. The molecule has 0 saturated carbocycles. The predicted molar refractivity (Wildman–Crippen MR) is 53.4 cm³/mol. The SMILES string of the molecule is Cl.Nc1ccc2c(c1)CC[C@H]2N. The minimum absolute atomic E-state index is 0. The van der Waals surface area contributed by atoms with E-state index >= 15 is 0 Å². The molecule has 0 spiro atoms. The number of rotatable bonds is 0. The zero-order valence-corrected chi connectivity index (χ0v) is 7.60. The van der Waals surface area contributed by atoms with Crippen LogP contribution in [-0.2, 0) is 6.42 Å². The molecular formula is C9H13ClN2. The van der Waals surface area contributed by atoms with E-state index in [-0.39, 0.29) is 18.4 Å². The monoisotopic (exact) mass is 184 g/mol. The fraction of sp³-hybridized carbons (Fsp3) is 0.333.